The molecular formula is C22H24N4O4. The quantitative estimate of drug-likeness (QED) is 0.480. The average molecular weight is 408 g/mol. The minimum atomic E-state index is -0.289. The molecule has 2 aromatic carbocycles. The number of rotatable bonds is 4. The summed E-state index contributed by atoms with van der Waals surface area (Å²) in [5.74, 6) is -0.577. The Morgan fingerprint density at radius 3 is 2.13 bits per heavy atom. The van der Waals surface area contributed by atoms with Gasteiger partial charge < -0.3 is 9.47 Å². The van der Waals surface area contributed by atoms with E-state index in [4.69, 9.17) is 9.47 Å². The summed E-state index contributed by atoms with van der Waals surface area (Å²) in [6.07, 6.45) is 3.61. The third-order valence-electron chi connectivity index (χ3n) is 4.39. The van der Waals surface area contributed by atoms with Crippen molar-refractivity contribution in [3.05, 3.63) is 59.9 Å². The summed E-state index contributed by atoms with van der Waals surface area (Å²) in [4.78, 5) is 22.9. The SMILES string of the molecule is CCOC(=O)c1ccc2c(cnn2C)c1.CCOC(=O)c1ccc2nn(C)cc2c1. The lowest BCUT2D eigenvalue weighted by Gasteiger charge is -2.01. The van der Waals surface area contributed by atoms with Gasteiger partial charge in [0.05, 0.1) is 41.6 Å². The highest BCUT2D eigenvalue weighted by Gasteiger charge is 2.09. The molecule has 0 aliphatic rings. The topological polar surface area (TPSA) is 88.2 Å². The maximum Gasteiger partial charge on any atom is 0.338 e. The molecule has 0 fully saturated rings. The molecule has 8 nitrogen and oxygen atoms in total. The van der Waals surface area contributed by atoms with Gasteiger partial charge in [0.25, 0.3) is 0 Å². The zero-order chi connectivity index (χ0) is 21.7. The summed E-state index contributed by atoms with van der Waals surface area (Å²) < 4.78 is 13.3. The molecule has 0 atom stereocenters. The van der Waals surface area contributed by atoms with Gasteiger partial charge in [0.15, 0.2) is 0 Å². The smallest absolute Gasteiger partial charge is 0.338 e. The number of ether oxygens (including phenoxy) is 2. The number of esters is 2. The van der Waals surface area contributed by atoms with Crippen LogP contribution in [0.2, 0.25) is 0 Å². The van der Waals surface area contributed by atoms with Gasteiger partial charge in [-0.2, -0.15) is 10.2 Å². The third-order valence-corrected chi connectivity index (χ3v) is 4.39. The summed E-state index contributed by atoms with van der Waals surface area (Å²) in [5.41, 5.74) is 3.02. The molecule has 0 spiro atoms. The average Bonchev–Trinajstić information content (AvgIpc) is 3.29. The van der Waals surface area contributed by atoms with Crippen molar-refractivity contribution in [3.8, 4) is 0 Å². The predicted octanol–water partition coefficient (Wildman–Crippen LogP) is 3.50. The summed E-state index contributed by atoms with van der Waals surface area (Å²) in [6, 6.07) is 10.8. The Labute approximate surface area is 174 Å². The first kappa shape index (κ1) is 21.0. The Bertz CT molecular complexity index is 1170. The number of hydrogen-bond acceptors (Lipinski definition) is 6. The van der Waals surface area contributed by atoms with Gasteiger partial charge in [0, 0.05) is 31.1 Å². The Hall–Kier alpha value is -3.68. The number of benzene rings is 2. The standard InChI is InChI=1S/2C11H12N2O2/c1-3-15-11(14)8-4-5-10-9(6-8)7-13(2)12-10;1-3-15-11(14)8-4-5-10-9(6-8)7-12-13(10)2/h2*4-7H,3H2,1-2H3. The fraction of sp³-hybridized carbons (Fsp3) is 0.273. The first-order valence-corrected chi connectivity index (χ1v) is 9.62. The Morgan fingerprint density at radius 1 is 0.900 bits per heavy atom. The van der Waals surface area contributed by atoms with E-state index in [1.165, 1.54) is 0 Å². The van der Waals surface area contributed by atoms with Crippen LogP contribution in [0.25, 0.3) is 21.8 Å². The van der Waals surface area contributed by atoms with Crippen molar-refractivity contribution in [1.29, 1.82) is 0 Å². The van der Waals surface area contributed by atoms with E-state index in [-0.39, 0.29) is 11.9 Å². The molecule has 4 rings (SSSR count). The van der Waals surface area contributed by atoms with Gasteiger partial charge in [-0.05, 0) is 50.2 Å². The normalized spacial score (nSPS) is 10.5. The number of hydrogen-bond donors (Lipinski definition) is 0. The van der Waals surface area contributed by atoms with E-state index in [0.29, 0.717) is 24.3 Å². The summed E-state index contributed by atoms with van der Waals surface area (Å²) in [5, 5.41) is 10.2. The van der Waals surface area contributed by atoms with Crippen LogP contribution in [0.15, 0.2) is 48.8 Å². The van der Waals surface area contributed by atoms with Crippen LogP contribution in [0.5, 0.6) is 0 Å². The van der Waals surface area contributed by atoms with Crippen molar-refractivity contribution in [2.24, 2.45) is 14.1 Å². The molecule has 2 aromatic heterocycles. The molecule has 0 bridgehead atoms. The van der Waals surface area contributed by atoms with Crippen LogP contribution in [0, 0.1) is 0 Å². The minimum absolute atomic E-state index is 0.289. The van der Waals surface area contributed by atoms with Crippen molar-refractivity contribution in [2.45, 2.75) is 13.8 Å². The fourth-order valence-corrected chi connectivity index (χ4v) is 3.00. The first-order valence-electron chi connectivity index (χ1n) is 9.62. The van der Waals surface area contributed by atoms with E-state index < -0.39 is 0 Å². The van der Waals surface area contributed by atoms with E-state index >= 15 is 0 Å². The number of carbonyl (C=O) groups is 2. The van der Waals surface area contributed by atoms with Crippen molar-refractivity contribution < 1.29 is 19.1 Å². The summed E-state index contributed by atoms with van der Waals surface area (Å²) in [7, 11) is 3.72. The van der Waals surface area contributed by atoms with Crippen LogP contribution < -0.4 is 0 Å². The lowest BCUT2D eigenvalue weighted by Crippen LogP contribution is -2.04. The molecule has 0 N–H and O–H groups in total. The van der Waals surface area contributed by atoms with Gasteiger partial charge in [-0.25, -0.2) is 9.59 Å². The predicted molar refractivity (Wildman–Crippen MR) is 113 cm³/mol. The largest absolute Gasteiger partial charge is 0.462 e. The van der Waals surface area contributed by atoms with Gasteiger partial charge in [0.1, 0.15) is 0 Å². The van der Waals surface area contributed by atoms with Crippen molar-refractivity contribution >= 4 is 33.7 Å². The van der Waals surface area contributed by atoms with Crippen molar-refractivity contribution in [1.82, 2.24) is 19.6 Å². The Balaban J connectivity index is 0.000000171. The molecule has 156 valence electrons. The second kappa shape index (κ2) is 9.21. The summed E-state index contributed by atoms with van der Waals surface area (Å²) in [6.45, 7) is 4.37. The van der Waals surface area contributed by atoms with Crippen LogP contribution in [-0.4, -0.2) is 44.7 Å². The van der Waals surface area contributed by atoms with Crippen molar-refractivity contribution in [3.63, 3.8) is 0 Å². The molecule has 4 aromatic rings. The van der Waals surface area contributed by atoms with E-state index in [9.17, 15) is 9.59 Å². The third kappa shape index (κ3) is 4.65. The second-order valence-electron chi connectivity index (χ2n) is 6.56. The fourth-order valence-electron chi connectivity index (χ4n) is 3.00. The van der Waals surface area contributed by atoms with Crippen LogP contribution in [0.4, 0.5) is 0 Å². The van der Waals surface area contributed by atoms with Gasteiger partial charge >= 0.3 is 11.9 Å². The molecule has 8 heteroatoms. The molecule has 30 heavy (non-hydrogen) atoms. The van der Waals surface area contributed by atoms with E-state index in [1.54, 1.807) is 53.7 Å². The zero-order valence-electron chi connectivity index (χ0n) is 17.5. The molecule has 0 amide bonds. The van der Waals surface area contributed by atoms with E-state index in [0.717, 1.165) is 21.8 Å². The lowest BCUT2D eigenvalue weighted by atomic mass is 10.1. The number of aryl methyl sites for hydroxylation is 2. The van der Waals surface area contributed by atoms with Crippen LogP contribution in [-0.2, 0) is 23.6 Å². The highest BCUT2D eigenvalue weighted by molar-refractivity contribution is 5.95. The molecule has 0 aliphatic carbocycles. The van der Waals surface area contributed by atoms with Gasteiger partial charge in [-0.3, -0.25) is 9.36 Å². The van der Waals surface area contributed by atoms with Crippen LogP contribution in [0.1, 0.15) is 34.6 Å². The number of nitrogens with zero attached hydrogens (tertiary/aromatic N) is 4. The molecule has 0 aliphatic heterocycles. The van der Waals surface area contributed by atoms with Crippen LogP contribution in [0.3, 0.4) is 0 Å². The lowest BCUT2D eigenvalue weighted by molar-refractivity contribution is 0.0517. The molecule has 0 saturated heterocycles. The van der Waals surface area contributed by atoms with Gasteiger partial charge in [-0.15, -0.1) is 0 Å². The highest BCUT2D eigenvalue weighted by atomic mass is 16.5. The highest BCUT2D eigenvalue weighted by Crippen LogP contribution is 2.16. The Kier molecular flexibility index (Phi) is 6.46. The number of aromatic nitrogens is 4. The maximum atomic E-state index is 11.4. The maximum absolute atomic E-state index is 11.4. The second-order valence-corrected chi connectivity index (χ2v) is 6.56. The van der Waals surface area contributed by atoms with Gasteiger partial charge in [-0.1, -0.05) is 0 Å². The molecule has 2 heterocycles. The van der Waals surface area contributed by atoms with Gasteiger partial charge in [0.2, 0.25) is 0 Å². The van der Waals surface area contributed by atoms with E-state index in [2.05, 4.69) is 10.2 Å². The molecule has 0 saturated carbocycles. The molecule has 0 radical (unpaired) electrons. The molecule has 0 unspecified atom stereocenters. The van der Waals surface area contributed by atoms with E-state index in [1.807, 2.05) is 32.4 Å². The first-order chi connectivity index (χ1) is 14.4. The number of fused-ring (bicyclic) bond motifs is 2. The Morgan fingerprint density at radius 2 is 1.50 bits per heavy atom. The molecular weight excluding hydrogens is 384 g/mol. The van der Waals surface area contributed by atoms with Crippen LogP contribution >= 0.6 is 0 Å². The summed E-state index contributed by atoms with van der Waals surface area (Å²) >= 11 is 0. The zero-order valence-corrected chi connectivity index (χ0v) is 17.5. The number of carbonyl (C=O) groups excluding carboxylic acids is 2. The monoisotopic (exact) mass is 408 g/mol. The van der Waals surface area contributed by atoms with Crippen molar-refractivity contribution in [2.75, 3.05) is 13.2 Å². The minimum Gasteiger partial charge on any atom is -0.462 e.